The van der Waals surface area contributed by atoms with Gasteiger partial charge in [-0.05, 0) is 60.9 Å². The monoisotopic (exact) mass is 382 g/mol. The molecule has 1 amide bonds. The molecule has 0 atom stereocenters. The summed E-state index contributed by atoms with van der Waals surface area (Å²) in [5, 5.41) is 9.76. The first kappa shape index (κ1) is 19.2. The van der Waals surface area contributed by atoms with E-state index in [2.05, 4.69) is 11.1 Å². The summed E-state index contributed by atoms with van der Waals surface area (Å²) >= 11 is 1.37. The van der Waals surface area contributed by atoms with Crippen LogP contribution in [0.25, 0.3) is 6.08 Å². The van der Waals surface area contributed by atoms with Crippen LogP contribution >= 0.6 is 11.8 Å². The molecular formula is C21H22N2O3S. The lowest BCUT2D eigenvalue weighted by Gasteiger charge is -2.18. The van der Waals surface area contributed by atoms with E-state index in [-0.39, 0.29) is 12.5 Å². The van der Waals surface area contributed by atoms with E-state index < -0.39 is 0 Å². The van der Waals surface area contributed by atoms with Gasteiger partial charge >= 0.3 is 0 Å². The molecule has 3 rings (SSSR count). The Kier molecular flexibility index (Phi) is 5.98. The van der Waals surface area contributed by atoms with Crippen LogP contribution in [0.5, 0.6) is 5.75 Å². The number of aryl methyl sites for hydroxylation is 2. The molecule has 2 aromatic rings. The molecule has 27 heavy (non-hydrogen) atoms. The number of amidine groups is 1. The quantitative estimate of drug-likeness (QED) is 0.800. The Morgan fingerprint density at radius 1 is 1.15 bits per heavy atom. The average molecular weight is 382 g/mol. The zero-order valence-corrected chi connectivity index (χ0v) is 16.4. The van der Waals surface area contributed by atoms with Crippen molar-refractivity contribution in [1.29, 1.82) is 0 Å². The van der Waals surface area contributed by atoms with Crippen LogP contribution in [0.4, 0.5) is 5.69 Å². The van der Waals surface area contributed by atoms with Crippen molar-refractivity contribution in [2.75, 3.05) is 24.4 Å². The zero-order valence-electron chi connectivity index (χ0n) is 15.6. The van der Waals surface area contributed by atoms with Gasteiger partial charge in [0.05, 0.1) is 19.4 Å². The molecule has 0 unspecified atom stereocenters. The van der Waals surface area contributed by atoms with E-state index in [1.807, 2.05) is 50.2 Å². The third-order valence-corrected chi connectivity index (χ3v) is 4.95. The second kappa shape index (κ2) is 8.41. The maximum atomic E-state index is 13.1. The van der Waals surface area contributed by atoms with Crippen LogP contribution in [-0.4, -0.2) is 35.7 Å². The standard InChI is InChI=1S/C21H22N2O3S/c1-14-10-15(2)12-17(11-14)23-20(25)19(22-21(23)27-9-8-24)13-16-4-6-18(26-3)7-5-16/h4-7,10-13,24H,8-9H2,1-3H3/b19-13-. The molecule has 0 bridgehead atoms. The number of benzene rings is 2. The molecule has 140 valence electrons. The number of aliphatic hydroxyl groups is 1. The van der Waals surface area contributed by atoms with Crippen molar-refractivity contribution in [3.63, 3.8) is 0 Å². The Hall–Kier alpha value is -2.57. The first-order valence-electron chi connectivity index (χ1n) is 8.62. The molecular weight excluding hydrogens is 360 g/mol. The van der Waals surface area contributed by atoms with Crippen LogP contribution < -0.4 is 9.64 Å². The summed E-state index contributed by atoms with van der Waals surface area (Å²) in [6.45, 7) is 4.03. The summed E-state index contributed by atoms with van der Waals surface area (Å²) in [6.07, 6.45) is 1.77. The Balaban J connectivity index is 1.97. The van der Waals surface area contributed by atoms with E-state index in [1.165, 1.54) is 11.8 Å². The average Bonchev–Trinajstić information content (AvgIpc) is 2.95. The van der Waals surface area contributed by atoms with Crippen molar-refractivity contribution in [2.24, 2.45) is 4.99 Å². The second-order valence-electron chi connectivity index (χ2n) is 6.26. The van der Waals surface area contributed by atoms with Gasteiger partial charge in [0, 0.05) is 5.75 Å². The van der Waals surface area contributed by atoms with Gasteiger partial charge in [-0.3, -0.25) is 9.69 Å². The molecule has 2 aromatic carbocycles. The van der Waals surface area contributed by atoms with Gasteiger partial charge in [0.15, 0.2) is 5.17 Å². The molecule has 0 aliphatic carbocycles. The number of nitrogens with zero attached hydrogens (tertiary/aromatic N) is 2. The van der Waals surface area contributed by atoms with Crippen LogP contribution in [0, 0.1) is 13.8 Å². The normalized spacial score (nSPS) is 15.4. The van der Waals surface area contributed by atoms with Crippen molar-refractivity contribution in [2.45, 2.75) is 13.8 Å². The fourth-order valence-electron chi connectivity index (χ4n) is 2.90. The van der Waals surface area contributed by atoms with Crippen molar-refractivity contribution < 1.29 is 14.6 Å². The maximum absolute atomic E-state index is 13.1. The highest BCUT2D eigenvalue weighted by molar-refractivity contribution is 8.14. The molecule has 6 heteroatoms. The molecule has 0 saturated heterocycles. The maximum Gasteiger partial charge on any atom is 0.283 e. The third kappa shape index (κ3) is 4.40. The number of ether oxygens (including phenoxy) is 1. The number of thioether (sulfide) groups is 1. The minimum absolute atomic E-state index is 0.0239. The molecule has 1 aliphatic rings. The Morgan fingerprint density at radius 3 is 2.41 bits per heavy atom. The molecule has 0 aromatic heterocycles. The summed E-state index contributed by atoms with van der Waals surface area (Å²) in [4.78, 5) is 19.2. The van der Waals surface area contributed by atoms with Gasteiger partial charge < -0.3 is 9.84 Å². The summed E-state index contributed by atoms with van der Waals surface area (Å²) in [5.74, 6) is 1.06. The second-order valence-corrected chi connectivity index (χ2v) is 7.32. The molecule has 1 N–H and O–H groups in total. The molecule has 0 saturated carbocycles. The molecule has 0 fully saturated rings. The highest BCUT2D eigenvalue weighted by atomic mass is 32.2. The number of carbonyl (C=O) groups is 1. The van der Waals surface area contributed by atoms with E-state index in [0.29, 0.717) is 16.6 Å². The molecule has 0 spiro atoms. The van der Waals surface area contributed by atoms with Crippen molar-refractivity contribution in [3.05, 3.63) is 64.9 Å². The zero-order chi connectivity index (χ0) is 19.4. The predicted octanol–water partition coefficient (Wildman–Crippen LogP) is 3.78. The number of rotatable bonds is 5. The number of amides is 1. The van der Waals surface area contributed by atoms with Crippen molar-refractivity contribution >= 4 is 34.6 Å². The van der Waals surface area contributed by atoms with E-state index in [4.69, 9.17) is 4.74 Å². The number of carbonyl (C=O) groups excluding carboxylic acids is 1. The molecule has 1 aliphatic heterocycles. The Morgan fingerprint density at radius 2 is 1.81 bits per heavy atom. The van der Waals surface area contributed by atoms with Gasteiger partial charge in [-0.15, -0.1) is 0 Å². The van der Waals surface area contributed by atoms with Crippen molar-refractivity contribution in [1.82, 2.24) is 0 Å². The Bertz CT molecular complexity index is 884. The molecule has 0 radical (unpaired) electrons. The first-order valence-corrected chi connectivity index (χ1v) is 9.61. The minimum atomic E-state index is -0.170. The lowest BCUT2D eigenvalue weighted by atomic mass is 10.1. The van der Waals surface area contributed by atoms with Gasteiger partial charge in [-0.2, -0.15) is 0 Å². The highest BCUT2D eigenvalue weighted by Crippen LogP contribution is 2.30. The summed E-state index contributed by atoms with van der Waals surface area (Å²) in [6, 6.07) is 13.5. The summed E-state index contributed by atoms with van der Waals surface area (Å²) in [7, 11) is 1.62. The number of hydrogen-bond acceptors (Lipinski definition) is 5. The lowest BCUT2D eigenvalue weighted by molar-refractivity contribution is -0.113. The fourth-order valence-corrected chi connectivity index (χ4v) is 3.65. The number of aliphatic imine (C=N–C) groups is 1. The van der Waals surface area contributed by atoms with Crippen LogP contribution in [0.2, 0.25) is 0 Å². The SMILES string of the molecule is COc1ccc(/C=C2\N=C(SCCO)N(c3cc(C)cc(C)c3)C2=O)cc1. The lowest BCUT2D eigenvalue weighted by Crippen LogP contribution is -2.30. The van der Waals surface area contributed by atoms with E-state index in [0.717, 1.165) is 28.1 Å². The predicted molar refractivity (Wildman–Crippen MR) is 111 cm³/mol. The van der Waals surface area contributed by atoms with Crippen LogP contribution in [0.15, 0.2) is 53.2 Å². The van der Waals surface area contributed by atoms with E-state index in [9.17, 15) is 9.90 Å². The van der Waals surface area contributed by atoms with Gasteiger partial charge in [0.1, 0.15) is 11.4 Å². The fraction of sp³-hybridized carbons (Fsp3) is 0.238. The van der Waals surface area contributed by atoms with Crippen molar-refractivity contribution in [3.8, 4) is 5.75 Å². The van der Waals surface area contributed by atoms with Crippen LogP contribution in [0.3, 0.4) is 0 Å². The minimum Gasteiger partial charge on any atom is -0.497 e. The smallest absolute Gasteiger partial charge is 0.283 e. The molecule has 5 nitrogen and oxygen atoms in total. The molecule has 1 heterocycles. The largest absolute Gasteiger partial charge is 0.497 e. The van der Waals surface area contributed by atoms with Gasteiger partial charge in [-0.1, -0.05) is 30.0 Å². The van der Waals surface area contributed by atoms with E-state index in [1.54, 1.807) is 18.1 Å². The topological polar surface area (TPSA) is 62.1 Å². The van der Waals surface area contributed by atoms with Crippen LogP contribution in [-0.2, 0) is 4.79 Å². The Labute approximate surface area is 163 Å². The van der Waals surface area contributed by atoms with Crippen LogP contribution in [0.1, 0.15) is 16.7 Å². The number of anilines is 1. The van der Waals surface area contributed by atoms with Gasteiger partial charge in [-0.25, -0.2) is 4.99 Å². The van der Waals surface area contributed by atoms with E-state index >= 15 is 0 Å². The van der Waals surface area contributed by atoms with Gasteiger partial charge in [0.25, 0.3) is 5.91 Å². The highest BCUT2D eigenvalue weighted by Gasteiger charge is 2.32. The third-order valence-electron chi connectivity index (χ3n) is 4.04. The summed E-state index contributed by atoms with van der Waals surface area (Å²) in [5.41, 5.74) is 4.20. The first-order chi connectivity index (χ1) is 13.0. The summed E-state index contributed by atoms with van der Waals surface area (Å²) < 4.78 is 5.17. The number of aliphatic hydroxyl groups excluding tert-OH is 1. The van der Waals surface area contributed by atoms with Gasteiger partial charge in [0.2, 0.25) is 0 Å². The number of methoxy groups -OCH3 is 1. The number of hydrogen-bond donors (Lipinski definition) is 1.